The highest BCUT2D eigenvalue weighted by Crippen LogP contribution is 2.37. The lowest BCUT2D eigenvalue weighted by Crippen LogP contribution is -2.09. The highest BCUT2D eigenvalue weighted by atomic mass is 15.1. The van der Waals surface area contributed by atoms with Crippen LogP contribution in [0.5, 0.6) is 0 Å². The monoisotopic (exact) mass is 1330 g/mol. The molecule has 0 N–H and O–H groups in total. The molecule has 0 saturated carbocycles. The third-order valence-electron chi connectivity index (χ3n) is 18.7. The van der Waals surface area contributed by atoms with E-state index in [0.29, 0.717) is 0 Å². The number of aromatic nitrogens is 1. The van der Waals surface area contributed by atoms with Gasteiger partial charge in [0, 0.05) is 50.6 Å². The molecular weight excluding hydrogens is 1230 g/mol. The van der Waals surface area contributed by atoms with Crippen LogP contribution in [-0.2, 0) is 25.7 Å². The molecule has 15 aromatic rings. The standard InChI is InChI=1S/C21H21N.C19H15N.C19H17N.C15H14.C9H10.2C8H10/c1-16-4-10-19(11-5-16)22(20-12-6-17(2)7-13-20)21-14-8-18(3)9-15-21;1-14-11-12-19-17(13-14)16-9-5-6-10-18(16)20(19)15-7-3-2-4-8-15;1-16-12-14-19(15-13-16)20(17-8-4-2-5-9-17)18-10-6-3-7-11-18;1-11-2-4-12(5-3-11)14-8-6-13-7-9-15(13)10-14;1-7-2-3-8-4-5-9(8)6-7;1-7-3-5-8(2)6-4-7;1-7-4-3-5-8(2)6-7/h4-15H,1-3H3;2-13H,1H3;2-15H,1H3;2-6,8,10H,7,9H2,1H3;2-3,6H,4-5H2,1H3;2*3-6H,1-2H3. The number of nitrogens with zero attached hydrogens (tertiary/aromatic N) is 3. The van der Waals surface area contributed by atoms with Gasteiger partial charge >= 0.3 is 0 Å². The van der Waals surface area contributed by atoms with Gasteiger partial charge in [0.15, 0.2) is 0 Å². The minimum absolute atomic E-state index is 1.17. The maximum atomic E-state index is 2.34. The molecule has 0 amide bonds. The van der Waals surface area contributed by atoms with Crippen molar-refractivity contribution in [3.8, 4) is 16.8 Å². The van der Waals surface area contributed by atoms with E-state index >= 15 is 0 Å². The van der Waals surface area contributed by atoms with Crippen molar-refractivity contribution in [1.29, 1.82) is 0 Å². The van der Waals surface area contributed by atoms with Gasteiger partial charge in [0.05, 0.1) is 11.0 Å². The van der Waals surface area contributed by atoms with Crippen LogP contribution in [0.1, 0.15) is 83.5 Å². The van der Waals surface area contributed by atoms with Gasteiger partial charge in [0.1, 0.15) is 0 Å². The summed E-state index contributed by atoms with van der Waals surface area (Å²) in [5.41, 5.74) is 34.1. The molecule has 0 saturated heterocycles. The Bertz CT molecular complexity index is 4910. The van der Waals surface area contributed by atoms with E-state index in [9.17, 15) is 0 Å². The van der Waals surface area contributed by atoms with Crippen LogP contribution in [0.3, 0.4) is 0 Å². The zero-order chi connectivity index (χ0) is 71.3. The van der Waals surface area contributed by atoms with E-state index < -0.39 is 0 Å². The molecule has 17 rings (SSSR count). The lowest BCUT2D eigenvalue weighted by atomic mass is 9.86. The first kappa shape index (κ1) is 71.8. The van der Waals surface area contributed by atoms with Crippen LogP contribution in [0.15, 0.2) is 340 Å². The van der Waals surface area contributed by atoms with Crippen LogP contribution >= 0.6 is 0 Å². The molecule has 1 heterocycles. The fraction of sp³-hybridized carbons (Fsp3) is 0.152. The average molecular weight is 1330 g/mol. The number of fused-ring (bicyclic) bond motifs is 5. The molecule has 1 aromatic heterocycles. The van der Waals surface area contributed by atoms with E-state index in [-0.39, 0.29) is 0 Å². The first-order chi connectivity index (χ1) is 49.6. The molecule has 2 aliphatic rings. The smallest absolute Gasteiger partial charge is 0.0541 e. The number of benzene rings is 14. The fourth-order valence-corrected chi connectivity index (χ4v) is 12.7. The molecule has 0 bridgehead atoms. The van der Waals surface area contributed by atoms with Crippen LogP contribution in [0, 0.1) is 76.2 Å². The summed E-state index contributed by atoms with van der Waals surface area (Å²) in [5.74, 6) is 0. The predicted octanol–water partition coefficient (Wildman–Crippen LogP) is 27.1. The maximum absolute atomic E-state index is 2.34. The SMILES string of the molecule is Cc1ccc(-c2ccc3c(c2)CC3)cc1.Cc1ccc(C)cc1.Cc1ccc(N(c2ccc(C)cc2)c2ccc(C)cc2)cc1.Cc1ccc(N(c2ccccc2)c2ccccc2)cc1.Cc1ccc2c(c1)CC2.Cc1ccc2c(c1)c1ccccc1n2-c1ccccc1.Cc1cccc(C)c1. The molecule has 0 radical (unpaired) electrons. The second kappa shape index (κ2) is 35.0. The molecule has 3 nitrogen and oxygen atoms in total. The number of aryl methyl sites for hydroxylation is 15. The van der Waals surface area contributed by atoms with E-state index in [1.54, 1.807) is 11.1 Å². The van der Waals surface area contributed by atoms with Crippen LogP contribution in [0.25, 0.3) is 38.6 Å². The first-order valence-corrected chi connectivity index (χ1v) is 35.9. The molecule has 0 atom stereocenters. The number of hydrogen-bond donors (Lipinski definition) is 0. The Morgan fingerprint density at radius 3 is 0.882 bits per heavy atom. The minimum Gasteiger partial charge on any atom is -0.311 e. The number of anilines is 6. The van der Waals surface area contributed by atoms with Crippen LogP contribution in [-0.4, -0.2) is 4.57 Å². The molecule has 508 valence electrons. The van der Waals surface area contributed by atoms with Crippen LogP contribution in [0.2, 0.25) is 0 Å². The number of hydrogen-bond acceptors (Lipinski definition) is 2. The van der Waals surface area contributed by atoms with Crippen molar-refractivity contribution in [2.45, 2.75) is 102 Å². The fourth-order valence-electron chi connectivity index (χ4n) is 12.7. The zero-order valence-corrected chi connectivity index (χ0v) is 61.5. The van der Waals surface area contributed by atoms with Gasteiger partial charge in [-0.15, -0.1) is 0 Å². The van der Waals surface area contributed by atoms with Crippen molar-refractivity contribution in [3.05, 3.63) is 423 Å². The molecule has 102 heavy (non-hydrogen) atoms. The number of rotatable bonds is 8. The molecule has 0 aliphatic heterocycles. The van der Waals surface area contributed by atoms with Crippen molar-refractivity contribution in [3.63, 3.8) is 0 Å². The Morgan fingerprint density at radius 1 is 0.196 bits per heavy atom. The largest absolute Gasteiger partial charge is 0.311 e. The molecule has 0 unspecified atom stereocenters. The molecule has 14 aromatic carbocycles. The average Bonchev–Trinajstić information content (AvgIpc) is 1.60. The van der Waals surface area contributed by atoms with E-state index in [0.717, 1.165) is 0 Å². The van der Waals surface area contributed by atoms with Gasteiger partial charge in [-0.1, -0.05) is 298 Å². The summed E-state index contributed by atoms with van der Waals surface area (Å²) >= 11 is 0. The molecular formula is C99H97N3. The van der Waals surface area contributed by atoms with Crippen LogP contribution < -0.4 is 9.80 Å². The number of para-hydroxylation sites is 4. The van der Waals surface area contributed by atoms with E-state index in [4.69, 9.17) is 0 Å². The molecule has 0 fully saturated rings. The quantitative estimate of drug-likeness (QED) is 0.150. The third-order valence-corrected chi connectivity index (χ3v) is 18.7. The Morgan fingerprint density at radius 2 is 0.500 bits per heavy atom. The third kappa shape index (κ3) is 19.5. The summed E-state index contributed by atoms with van der Waals surface area (Å²) in [5, 5.41) is 2.64. The van der Waals surface area contributed by atoms with Crippen molar-refractivity contribution in [2.75, 3.05) is 9.80 Å². The van der Waals surface area contributed by atoms with Gasteiger partial charge in [0.2, 0.25) is 0 Å². The maximum Gasteiger partial charge on any atom is 0.0541 e. The first-order valence-electron chi connectivity index (χ1n) is 35.9. The topological polar surface area (TPSA) is 11.4 Å². The summed E-state index contributed by atoms with van der Waals surface area (Å²) in [6, 6.07) is 121. The predicted molar refractivity (Wildman–Crippen MR) is 441 cm³/mol. The van der Waals surface area contributed by atoms with Gasteiger partial charge in [-0.2, -0.15) is 0 Å². The summed E-state index contributed by atoms with van der Waals surface area (Å²) in [4.78, 5) is 4.55. The summed E-state index contributed by atoms with van der Waals surface area (Å²) < 4.78 is 2.34. The van der Waals surface area contributed by atoms with Gasteiger partial charge in [0.25, 0.3) is 0 Å². The highest BCUT2D eigenvalue weighted by Gasteiger charge is 2.16. The van der Waals surface area contributed by atoms with Crippen molar-refractivity contribution >= 4 is 55.9 Å². The molecule has 0 spiro atoms. The Labute approximate surface area is 608 Å². The van der Waals surface area contributed by atoms with E-state index in [1.807, 2.05) is 12.1 Å². The highest BCUT2D eigenvalue weighted by molar-refractivity contribution is 6.09. The van der Waals surface area contributed by atoms with Gasteiger partial charge in [-0.3, -0.25) is 0 Å². The second-order valence-corrected chi connectivity index (χ2v) is 27.3. The zero-order valence-electron chi connectivity index (χ0n) is 61.5. The Hall–Kier alpha value is -11.5. The van der Waals surface area contributed by atoms with E-state index in [2.05, 4.69) is 418 Å². The van der Waals surface area contributed by atoms with Crippen molar-refractivity contribution in [1.82, 2.24) is 4.57 Å². The van der Waals surface area contributed by atoms with Gasteiger partial charge < -0.3 is 14.4 Å². The van der Waals surface area contributed by atoms with Crippen LogP contribution in [0.4, 0.5) is 34.1 Å². The lowest BCUT2D eigenvalue weighted by molar-refractivity contribution is 0.837. The normalized spacial score (nSPS) is 11.1. The van der Waals surface area contributed by atoms with Crippen molar-refractivity contribution in [2.24, 2.45) is 0 Å². The molecule has 3 heteroatoms. The van der Waals surface area contributed by atoms with Gasteiger partial charge in [-0.25, -0.2) is 0 Å². The van der Waals surface area contributed by atoms with Gasteiger partial charge in [-0.05, 0) is 238 Å². The van der Waals surface area contributed by atoms with E-state index in [1.165, 1.54) is 171 Å². The minimum atomic E-state index is 1.17. The summed E-state index contributed by atoms with van der Waals surface area (Å²) in [7, 11) is 0. The summed E-state index contributed by atoms with van der Waals surface area (Å²) in [6.07, 6.45) is 5.13. The van der Waals surface area contributed by atoms with Crippen molar-refractivity contribution < 1.29 is 0 Å². The second-order valence-electron chi connectivity index (χ2n) is 27.3. The summed E-state index contributed by atoms with van der Waals surface area (Å²) in [6.45, 7) is 23.3. The Kier molecular flexibility index (Phi) is 24.6. The Balaban J connectivity index is 0.000000123. The molecule has 2 aliphatic carbocycles. The lowest BCUT2D eigenvalue weighted by Gasteiger charge is -2.25.